The van der Waals surface area contributed by atoms with Gasteiger partial charge in [-0.3, -0.25) is 0 Å². The molecule has 0 amide bonds. The summed E-state index contributed by atoms with van der Waals surface area (Å²) >= 11 is 0. The van der Waals surface area contributed by atoms with Crippen LogP contribution in [-0.2, 0) is 10.0 Å². The Labute approximate surface area is 92.3 Å². The molecule has 0 aromatic carbocycles. The third-order valence-corrected chi connectivity index (χ3v) is 3.54. The van der Waals surface area contributed by atoms with Crippen molar-refractivity contribution < 1.29 is 8.42 Å². The Balaban J connectivity index is 2.12. The minimum Gasteiger partial charge on any atom is -0.311 e. The number of hydrogen-bond donors (Lipinski definition) is 2. The van der Waals surface area contributed by atoms with Crippen molar-refractivity contribution in [2.75, 3.05) is 32.9 Å². The summed E-state index contributed by atoms with van der Waals surface area (Å²) in [4.78, 5) is 2.31. The van der Waals surface area contributed by atoms with Gasteiger partial charge < -0.3 is 10.2 Å². The monoisotopic (exact) mass is 235 g/mol. The van der Waals surface area contributed by atoms with E-state index in [4.69, 9.17) is 0 Å². The molecule has 0 radical (unpaired) electrons. The molecule has 2 atom stereocenters. The summed E-state index contributed by atoms with van der Waals surface area (Å²) in [6.45, 7) is 4.40. The predicted molar refractivity (Wildman–Crippen MR) is 61.3 cm³/mol. The highest BCUT2D eigenvalue weighted by Gasteiger charge is 2.25. The van der Waals surface area contributed by atoms with Gasteiger partial charge in [0.25, 0.3) is 0 Å². The summed E-state index contributed by atoms with van der Waals surface area (Å²) in [5, 5.41) is 3.35. The van der Waals surface area contributed by atoms with E-state index in [0.717, 1.165) is 13.0 Å². The van der Waals surface area contributed by atoms with Crippen molar-refractivity contribution in [2.24, 2.45) is 0 Å². The van der Waals surface area contributed by atoms with Crippen LogP contribution in [0.4, 0.5) is 0 Å². The zero-order chi connectivity index (χ0) is 11.5. The lowest BCUT2D eigenvalue weighted by molar-refractivity contribution is 0.327. The lowest BCUT2D eigenvalue weighted by atomic mass is 10.2. The zero-order valence-electron chi connectivity index (χ0n) is 9.66. The van der Waals surface area contributed by atoms with Crippen molar-refractivity contribution in [1.82, 2.24) is 14.9 Å². The van der Waals surface area contributed by atoms with E-state index < -0.39 is 10.0 Å². The maximum absolute atomic E-state index is 10.8. The number of sulfonamides is 1. The normalized spacial score (nSPS) is 28.5. The molecule has 0 saturated carbocycles. The molecule has 2 N–H and O–H groups in total. The minimum absolute atomic E-state index is 0.466. The average Bonchev–Trinajstić information content (AvgIpc) is 2.39. The molecule has 0 aromatic rings. The fourth-order valence-electron chi connectivity index (χ4n) is 1.85. The van der Waals surface area contributed by atoms with Crippen molar-refractivity contribution in [3.8, 4) is 0 Å². The third-order valence-electron chi connectivity index (χ3n) is 2.81. The molecule has 0 bridgehead atoms. The SMILES string of the molecule is CC1CC(NCCNS(C)(=O)=O)CN1C. The quantitative estimate of drug-likeness (QED) is 0.614. The summed E-state index contributed by atoms with van der Waals surface area (Å²) < 4.78 is 24.0. The van der Waals surface area contributed by atoms with Gasteiger partial charge in [-0.15, -0.1) is 0 Å². The predicted octanol–water partition coefficient (Wildman–Crippen LogP) is -0.782. The Bertz CT molecular complexity index is 282. The second-order valence-corrected chi connectivity index (χ2v) is 6.17. The molecule has 0 spiro atoms. The van der Waals surface area contributed by atoms with E-state index in [0.29, 0.717) is 25.2 Å². The van der Waals surface area contributed by atoms with E-state index in [1.54, 1.807) is 0 Å². The van der Waals surface area contributed by atoms with Crippen LogP contribution in [0, 0.1) is 0 Å². The van der Waals surface area contributed by atoms with Crippen LogP contribution in [0.25, 0.3) is 0 Å². The van der Waals surface area contributed by atoms with Gasteiger partial charge in [0, 0.05) is 31.7 Å². The van der Waals surface area contributed by atoms with Gasteiger partial charge in [-0.2, -0.15) is 0 Å². The van der Waals surface area contributed by atoms with Gasteiger partial charge in [-0.1, -0.05) is 0 Å². The first-order valence-electron chi connectivity index (χ1n) is 5.27. The molecule has 1 aliphatic rings. The smallest absolute Gasteiger partial charge is 0.208 e. The molecule has 5 nitrogen and oxygen atoms in total. The topological polar surface area (TPSA) is 61.4 Å². The Morgan fingerprint density at radius 2 is 2.07 bits per heavy atom. The van der Waals surface area contributed by atoms with Crippen LogP contribution in [0.2, 0.25) is 0 Å². The first kappa shape index (κ1) is 12.9. The van der Waals surface area contributed by atoms with Gasteiger partial charge >= 0.3 is 0 Å². The number of likely N-dealkylation sites (N-methyl/N-ethyl adjacent to an activating group) is 1. The summed E-state index contributed by atoms with van der Waals surface area (Å²) in [6.07, 6.45) is 2.31. The molecule has 15 heavy (non-hydrogen) atoms. The van der Waals surface area contributed by atoms with Crippen molar-refractivity contribution in [1.29, 1.82) is 0 Å². The lowest BCUT2D eigenvalue weighted by Gasteiger charge is -2.13. The first-order valence-corrected chi connectivity index (χ1v) is 7.16. The Kier molecular flexibility index (Phi) is 4.51. The van der Waals surface area contributed by atoms with Crippen LogP contribution in [0.5, 0.6) is 0 Å². The molecule has 1 fully saturated rings. The highest BCUT2D eigenvalue weighted by molar-refractivity contribution is 7.88. The number of nitrogens with zero attached hydrogens (tertiary/aromatic N) is 1. The van der Waals surface area contributed by atoms with Crippen LogP contribution in [0.15, 0.2) is 0 Å². The van der Waals surface area contributed by atoms with E-state index in [2.05, 4.69) is 28.9 Å². The van der Waals surface area contributed by atoms with E-state index in [9.17, 15) is 8.42 Å². The fraction of sp³-hybridized carbons (Fsp3) is 1.00. The van der Waals surface area contributed by atoms with Crippen LogP contribution >= 0.6 is 0 Å². The maximum atomic E-state index is 10.8. The van der Waals surface area contributed by atoms with E-state index in [1.807, 2.05) is 0 Å². The summed E-state index contributed by atoms with van der Waals surface area (Å²) in [7, 11) is -0.930. The van der Waals surface area contributed by atoms with Crippen molar-refractivity contribution in [2.45, 2.75) is 25.4 Å². The van der Waals surface area contributed by atoms with E-state index in [-0.39, 0.29) is 0 Å². The molecule has 1 heterocycles. The lowest BCUT2D eigenvalue weighted by Crippen LogP contribution is -2.37. The largest absolute Gasteiger partial charge is 0.311 e. The second kappa shape index (κ2) is 5.25. The van der Waals surface area contributed by atoms with Gasteiger partial charge in [0.1, 0.15) is 0 Å². The maximum Gasteiger partial charge on any atom is 0.208 e. The van der Waals surface area contributed by atoms with Gasteiger partial charge in [0.05, 0.1) is 6.26 Å². The molecule has 0 aromatic heterocycles. The van der Waals surface area contributed by atoms with Crippen molar-refractivity contribution in [3.05, 3.63) is 0 Å². The van der Waals surface area contributed by atoms with Crippen LogP contribution in [-0.4, -0.2) is 58.3 Å². The third kappa shape index (κ3) is 4.92. The van der Waals surface area contributed by atoms with E-state index >= 15 is 0 Å². The van der Waals surface area contributed by atoms with Gasteiger partial charge in [-0.05, 0) is 20.4 Å². The number of hydrogen-bond acceptors (Lipinski definition) is 4. The second-order valence-electron chi connectivity index (χ2n) is 4.34. The Morgan fingerprint density at radius 3 is 2.53 bits per heavy atom. The van der Waals surface area contributed by atoms with E-state index in [1.165, 1.54) is 6.26 Å². The molecule has 0 aliphatic carbocycles. The van der Waals surface area contributed by atoms with Crippen LogP contribution in [0.3, 0.4) is 0 Å². The summed E-state index contributed by atoms with van der Waals surface area (Å²) in [6, 6.07) is 1.11. The Hall–Kier alpha value is -0.170. The van der Waals surface area contributed by atoms with Gasteiger partial charge in [-0.25, -0.2) is 13.1 Å². The van der Waals surface area contributed by atoms with Crippen LogP contribution < -0.4 is 10.0 Å². The van der Waals surface area contributed by atoms with Crippen LogP contribution in [0.1, 0.15) is 13.3 Å². The van der Waals surface area contributed by atoms with Crippen molar-refractivity contribution in [3.63, 3.8) is 0 Å². The standard InChI is InChI=1S/C9H21N3O2S/c1-8-6-9(7-12(8)2)10-4-5-11-15(3,13)14/h8-11H,4-7H2,1-3H3. The first-order chi connectivity index (χ1) is 6.88. The molecule has 90 valence electrons. The summed E-state index contributed by atoms with van der Waals surface area (Å²) in [5.41, 5.74) is 0. The molecular weight excluding hydrogens is 214 g/mol. The van der Waals surface area contributed by atoms with Gasteiger partial charge in [0.15, 0.2) is 0 Å². The summed E-state index contributed by atoms with van der Waals surface area (Å²) in [5.74, 6) is 0. The highest BCUT2D eigenvalue weighted by Crippen LogP contribution is 2.14. The average molecular weight is 235 g/mol. The minimum atomic E-state index is -3.04. The zero-order valence-corrected chi connectivity index (χ0v) is 10.5. The molecule has 6 heteroatoms. The molecule has 1 saturated heterocycles. The molecule has 2 unspecified atom stereocenters. The molecular formula is C9H21N3O2S. The number of nitrogens with one attached hydrogen (secondary N) is 2. The number of likely N-dealkylation sites (tertiary alicyclic amines) is 1. The van der Waals surface area contributed by atoms with Crippen molar-refractivity contribution >= 4 is 10.0 Å². The number of rotatable bonds is 5. The fourth-order valence-corrected chi connectivity index (χ4v) is 2.33. The highest BCUT2D eigenvalue weighted by atomic mass is 32.2. The molecule has 1 aliphatic heterocycles. The molecule has 1 rings (SSSR count). The Morgan fingerprint density at radius 1 is 1.40 bits per heavy atom. The van der Waals surface area contributed by atoms with Gasteiger partial charge in [0.2, 0.25) is 10.0 Å².